The van der Waals surface area contributed by atoms with Gasteiger partial charge in [-0.15, -0.1) is 0 Å². The smallest absolute Gasteiger partial charge is 0.442 e. The topological polar surface area (TPSA) is 63.2 Å². The third-order valence-corrected chi connectivity index (χ3v) is 11.0. The van der Waals surface area contributed by atoms with Gasteiger partial charge in [0, 0.05) is 0 Å². The Labute approximate surface area is 328 Å². The van der Waals surface area contributed by atoms with Gasteiger partial charge in [0.15, 0.2) is 0 Å². The van der Waals surface area contributed by atoms with E-state index in [9.17, 15) is 0 Å². The molecule has 0 aliphatic carbocycles. The summed E-state index contributed by atoms with van der Waals surface area (Å²) in [5.74, 6) is 2.08. The second kappa shape index (κ2) is 19.3. The summed E-state index contributed by atoms with van der Waals surface area (Å²) in [4.78, 5) is 20.2. The first-order valence-corrected chi connectivity index (χ1v) is 18.9. The molecule has 0 saturated heterocycles. The third-order valence-electron chi connectivity index (χ3n) is 11.0. The van der Waals surface area contributed by atoms with Gasteiger partial charge in [-0.05, 0) is 71.0 Å². The van der Waals surface area contributed by atoms with E-state index in [4.69, 9.17) is 24.7 Å². The number of ether oxygens (including phenoxy) is 1. The first kappa shape index (κ1) is 47.4. The van der Waals surface area contributed by atoms with Crippen LogP contribution < -0.4 is 9.97 Å². The SMILES string of the molecule is C1=CCOC1.CCCC(C)(C)c1nc(C(C)(C)CC)c(C(C)(C)CC)[n-]1.CCCC(C)(C)c1nc(C(C)(C)CC)c(C(C)(C)CC)[n-]1.[Ca+2]. The van der Waals surface area contributed by atoms with E-state index >= 15 is 0 Å². The van der Waals surface area contributed by atoms with Gasteiger partial charge < -0.3 is 24.7 Å². The van der Waals surface area contributed by atoms with E-state index in [2.05, 4.69) is 125 Å². The van der Waals surface area contributed by atoms with E-state index in [1.165, 1.54) is 35.6 Å². The second-order valence-electron chi connectivity index (χ2n) is 17.7. The maximum atomic E-state index is 5.05. The van der Waals surface area contributed by atoms with Crippen molar-refractivity contribution >= 4 is 37.7 Å². The Morgan fingerprint density at radius 3 is 1.00 bits per heavy atom. The molecule has 0 amide bonds. The first-order valence-electron chi connectivity index (χ1n) is 18.9. The minimum Gasteiger partial charge on any atom is -0.442 e. The summed E-state index contributed by atoms with van der Waals surface area (Å²) in [7, 11) is 0. The fourth-order valence-corrected chi connectivity index (χ4v) is 5.66. The molecule has 0 radical (unpaired) electrons. The molecule has 0 N–H and O–H groups in total. The van der Waals surface area contributed by atoms with Crippen LogP contribution in [0.2, 0.25) is 0 Å². The summed E-state index contributed by atoms with van der Waals surface area (Å²) >= 11 is 0. The summed E-state index contributed by atoms with van der Waals surface area (Å²) in [5.41, 5.74) is 5.37. The van der Waals surface area contributed by atoms with Crippen molar-refractivity contribution in [3.63, 3.8) is 0 Å². The Kier molecular flexibility index (Phi) is 19.0. The molecule has 0 aromatic carbocycles. The molecule has 0 atom stereocenters. The van der Waals surface area contributed by atoms with Crippen molar-refractivity contribution < 1.29 is 4.74 Å². The largest absolute Gasteiger partial charge is 2.00 e. The maximum absolute atomic E-state index is 5.05. The second-order valence-corrected chi connectivity index (χ2v) is 17.7. The minimum atomic E-state index is 0. The molecule has 3 heterocycles. The van der Waals surface area contributed by atoms with Crippen LogP contribution >= 0.6 is 0 Å². The van der Waals surface area contributed by atoms with Crippen LogP contribution in [-0.4, -0.2) is 60.9 Å². The summed E-state index contributed by atoms with van der Waals surface area (Å²) < 4.78 is 4.83. The number of imidazole rings is 2. The molecule has 0 fully saturated rings. The monoisotopic (exact) mass is 693 g/mol. The van der Waals surface area contributed by atoms with Gasteiger partial charge >= 0.3 is 37.7 Å². The van der Waals surface area contributed by atoms with E-state index in [-0.39, 0.29) is 70.2 Å². The van der Waals surface area contributed by atoms with Crippen LogP contribution in [-0.2, 0) is 37.2 Å². The fraction of sp³-hybridized carbons (Fsp3) is 0.810. The first-order chi connectivity index (χ1) is 21.5. The molecular weight excluding hydrogens is 617 g/mol. The van der Waals surface area contributed by atoms with Gasteiger partial charge in [0.1, 0.15) is 0 Å². The maximum Gasteiger partial charge on any atom is 2.00 e. The number of nitrogens with zero attached hydrogens (tertiary/aromatic N) is 4. The van der Waals surface area contributed by atoms with Gasteiger partial charge in [-0.2, -0.15) is 0 Å². The van der Waals surface area contributed by atoms with Crippen molar-refractivity contribution in [1.82, 2.24) is 19.9 Å². The average Bonchev–Trinajstić information content (AvgIpc) is 3.80. The Morgan fingerprint density at radius 1 is 0.500 bits per heavy atom. The summed E-state index contributed by atoms with van der Waals surface area (Å²) in [6, 6.07) is 0. The zero-order chi connectivity index (χ0) is 36.5. The number of aromatic nitrogens is 4. The van der Waals surface area contributed by atoms with Crippen LogP contribution in [0.1, 0.15) is 210 Å². The molecule has 0 spiro atoms. The van der Waals surface area contributed by atoms with Gasteiger partial charge in [0.25, 0.3) is 0 Å². The standard InChI is InChI=1S/2C19H35N2.C4H6O.Ca/c2*1-10-13-19(8,9)16-20-14(17(4,5)11-2)15(21-16)18(6,7)12-3;1-2-4-5-3-1;/h2*10-13H2,1-9H3;1-2H,3-4H2;/q2*-1;;+2. The Hall–Kier alpha value is -0.620. The molecule has 0 unspecified atom stereocenters. The van der Waals surface area contributed by atoms with Gasteiger partial charge in [-0.1, -0.05) is 184 Å². The Balaban J connectivity index is 0.000000786. The third kappa shape index (κ3) is 12.6. The van der Waals surface area contributed by atoms with Gasteiger partial charge in [-0.25, -0.2) is 0 Å². The predicted octanol–water partition coefficient (Wildman–Crippen LogP) is 11.2. The summed E-state index contributed by atoms with van der Waals surface area (Å²) in [6.45, 7) is 42.5. The van der Waals surface area contributed by atoms with Crippen LogP contribution in [0.5, 0.6) is 0 Å². The van der Waals surface area contributed by atoms with Gasteiger partial charge in [-0.3, -0.25) is 0 Å². The number of hydrogen-bond acceptors (Lipinski definition) is 3. The van der Waals surface area contributed by atoms with E-state index in [0.29, 0.717) is 0 Å². The minimum absolute atomic E-state index is 0. The molecule has 1 aliphatic heterocycles. The Morgan fingerprint density at radius 2 is 0.792 bits per heavy atom. The average molecular weight is 693 g/mol. The van der Waals surface area contributed by atoms with Crippen molar-refractivity contribution in [3.05, 3.63) is 46.6 Å². The Bertz CT molecular complexity index is 1080. The quantitative estimate of drug-likeness (QED) is 0.146. The molecule has 3 rings (SSSR count). The van der Waals surface area contributed by atoms with Gasteiger partial charge in [0.2, 0.25) is 0 Å². The number of hydrogen-bond donors (Lipinski definition) is 0. The molecule has 5 nitrogen and oxygen atoms in total. The van der Waals surface area contributed by atoms with Crippen molar-refractivity contribution in [2.75, 3.05) is 13.2 Å². The molecule has 2 aromatic rings. The zero-order valence-corrected chi connectivity index (χ0v) is 37.3. The summed E-state index contributed by atoms with van der Waals surface area (Å²) in [6.07, 6.45) is 13.0. The summed E-state index contributed by atoms with van der Waals surface area (Å²) in [5, 5.41) is 0. The van der Waals surface area contributed by atoms with E-state index in [1.807, 2.05) is 12.2 Å². The van der Waals surface area contributed by atoms with Crippen LogP contribution in [0.4, 0.5) is 0 Å². The normalized spacial score (nSPS) is 14.2. The van der Waals surface area contributed by atoms with Crippen molar-refractivity contribution in [2.24, 2.45) is 0 Å². The molecule has 2 aromatic heterocycles. The van der Waals surface area contributed by atoms with Crippen molar-refractivity contribution in [2.45, 2.75) is 208 Å². The number of rotatable bonds is 14. The fourth-order valence-electron chi connectivity index (χ4n) is 5.66. The van der Waals surface area contributed by atoms with Crippen molar-refractivity contribution in [3.8, 4) is 0 Å². The van der Waals surface area contributed by atoms with Crippen molar-refractivity contribution in [1.29, 1.82) is 0 Å². The van der Waals surface area contributed by atoms with Crippen LogP contribution in [0, 0.1) is 0 Å². The van der Waals surface area contributed by atoms with Crippen LogP contribution in [0.15, 0.2) is 12.2 Å². The zero-order valence-electron chi connectivity index (χ0n) is 35.1. The molecule has 1 aliphatic rings. The van der Waals surface area contributed by atoms with Gasteiger partial charge in [0.05, 0.1) is 13.2 Å². The molecular formula is C42H76CaN4O. The molecule has 0 saturated carbocycles. The van der Waals surface area contributed by atoms with E-state index in [0.717, 1.165) is 63.4 Å². The predicted molar refractivity (Wildman–Crippen MR) is 210 cm³/mol. The van der Waals surface area contributed by atoms with Crippen LogP contribution in [0.3, 0.4) is 0 Å². The van der Waals surface area contributed by atoms with E-state index in [1.54, 1.807) is 0 Å². The van der Waals surface area contributed by atoms with E-state index < -0.39 is 0 Å². The molecule has 48 heavy (non-hydrogen) atoms. The van der Waals surface area contributed by atoms with Crippen LogP contribution in [0.25, 0.3) is 0 Å². The molecule has 6 heteroatoms. The molecule has 272 valence electrons. The molecule has 0 bridgehead atoms.